The molecule has 2 aromatic carbocycles. The number of aromatic nitrogens is 5. The molecule has 4 heterocycles. The maximum Gasteiger partial charge on any atom is 2.00 e. The Bertz CT molecular complexity index is 1980. The molecule has 0 aliphatic rings. The third kappa shape index (κ3) is 6.93. The Hall–Kier alpha value is -4.55. The summed E-state index contributed by atoms with van der Waals surface area (Å²) < 4.78 is 30.9. The number of imidazole rings is 1. The van der Waals surface area contributed by atoms with Crippen LogP contribution in [0.25, 0.3) is 17.1 Å². The Labute approximate surface area is 288 Å². The van der Waals surface area contributed by atoms with E-state index in [4.69, 9.17) is 9.97 Å². The second-order valence-corrected chi connectivity index (χ2v) is 11.8. The SMILES string of the molecule is CCC(C)c1ccc(N(c2ccccc2)c2cc(-c3[c-]cc(F)nc3F)nc(C(C)(C)c3cccc(-n4[c-]cnc4C)n3)c2)cc1.[Pt+2]. The number of benzene rings is 2. The molecule has 9 heteroatoms. The number of halogens is 2. The molecule has 0 saturated carbocycles. The van der Waals surface area contributed by atoms with Crippen LogP contribution in [0.4, 0.5) is 25.8 Å². The van der Waals surface area contributed by atoms with E-state index in [0.29, 0.717) is 17.4 Å². The molecule has 0 spiro atoms. The molecule has 6 aromatic rings. The maximum atomic E-state index is 15.2. The number of anilines is 3. The summed E-state index contributed by atoms with van der Waals surface area (Å²) in [6.45, 7) is 10.3. The van der Waals surface area contributed by atoms with Crippen LogP contribution in [0.2, 0.25) is 0 Å². The van der Waals surface area contributed by atoms with E-state index in [0.717, 1.165) is 41.1 Å². The predicted octanol–water partition coefficient (Wildman–Crippen LogP) is 9.22. The number of hydrogen-bond acceptors (Lipinski definition) is 5. The molecule has 47 heavy (non-hydrogen) atoms. The number of aryl methyl sites for hydroxylation is 1. The summed E-state index contributed by atoms with van der Waals surface area (Å²) in [5.74, 6) is -0.0683. The van der Waals surface area contributed by atoms with Crippen molar-refractivity contribution in [1.29, 1.82) is 0 Å². The standard InChI is InChI=1S/C38H34F2N6.Pt/c1-6-25(2)27-15-17-29(18-16-27)46(28-11-8-7-9-12-28)30-23-32(31-19-20-35(39)44-37(31)40)42-34(24-30)38(4,5)33-13-10-14-36(43-33)45-22-21-41-26(45)3;/h7-18,20-21,23-25H,6H2,1-5H3;/q-2;+2. The molecule has 4 aromatic heterocycles. The molecule has 0 radical (unpaired) electrons. The normalized spacial score (nSPS) is 12.0. The van der Waals surface area contributed by atoms with Gasteiger partial charge in [0, 0.05) is 45.5 Å². The van der Waals surface area contributed by atoms with Crippen molar-refractivity contribution in [2.45, 2.75) is 52.4 Å². The fourth-order valence-corrected chi connectivity index (χ4v) is 5.45. The molecule has 0 fully saturated rings. The zero-order chi connectivity index (χ0) is 32.4. The third-order valence-electron chi connectivity index (χ3n) is 8.42. The van der Waals surface area contributed by atoms with Gasteiger partial charge < -0.3 is 19.4 Å². The van der Waals surface area contributed by atoms with Gasteiger partial charge in [-0.25, -0.2) is 8.78 Å². The molecule has 1 unspecified atom stereocenters. The van der Waals surface area contributed by atoms with E-state index >= 15 is 4.39 Å². The Kier molecular flexibility index (Phi) is 10.1. The van der Waals surface area contributed by atoms with Crippen LogP contribution in [0.1, 0.15) is 62.8 Å². The Morgan fingerprint density at radius 2 is 1.57 bits per heavy atom. The Morgan fingerprint density at radius 1 is 0.851 bits per heavy atom. The monoisotopic (exact) mass is 807 g/mol. The number of pyridine rings is 3. The molecular formula is C38H34F2N6Pt. The van der Waals surface area contributed by atoms with E-state index in [1.807, 2.05) is 75.4 Å². The van der Waals surface area contributed by atoms with Gasteiger partial charge in [0.05, 0.1) is 0 Å². The first-order valence-corrected chi connectivity index (χ1v) is 15.3. The van der Waals surface area contributed by atoms with Crippen molar-refractivity contribution in [2.24, 2.45) is 0 Å². The van der Waals surface area contributed by atoms with Crippen LogP contribution in [0.15, 0.2) is 97.2 Å². The van der Waals surface area contributed by atoms with Gasteiger partial charge in [-0.1, -0.05) is 87.1 Å². The van der Waals surface area contributed by atoms with Crippen LogP contribution in [0.3, 0.4) is 0 Å². The Morgan fingerprint density at radius 3 is 2.23 bits per heavy atom. The number of para-hydroxylation sites is 1. The van der Waals surface area contributed by atoms with Gasteiger partial charge in [-0.3, -0.25) is 9.97 Å². The van der Waals surface area contributed by atoms with E-state index in [2.05, 4.69) is 65.2 Å². The fourth-order valence-electron chi connectivity index (χ4n) is 5.45. The van der Waals surface area contributed by atoms with Crippen LogP contribution in [0, 0.1) is 31.1 Å². The predicted molar refractivity (Wildman–Crippen MR) is 177 cm³/mol. The van der Waals surface area contributed by atoms with Gasteiger partial charge in [-0.2, -0.15) is 0 Å². The van der Waals surface area contributed by atoms with Crippen LogP contribution in [0.5, 0.6) is 0 Å². The van der Waals surface area contributed by atoms with Crippen LogP contribution in [-0.2, 0) is 26.5 Å². The molecule has 1 atom stereocenters. The zero-order valence-electron chi connectivity index (χ0n) is 26.8. The van der Waals surface area contributed by atoms with E-state index in [1.54, 1.807) is 16.8 Å². The molecule has 240 valence electrons. The molecule has 6 nitrogen and oxygen atoms in total. The second kappa shape index (κ2) is 14.1. The molecule has 0 N–H and O–H groups in total. The van der Waals surface area contributed by atoms with E-state index < -0.39 is 17.3 Å². The summed E-state index contributed by atoms with van der Waals surface area (Å²) >= 11 is 0. The molecule has 6 rings (SSSR count). The summed E-state index contributed by atoms with van der Waals surface area (Å²) in [5, 5.41) is 0. The first-order chi connectivity index (χ1) is 22.2. The molecule has 0 aliphatic carbocycles. The van der Waals surface area contributed by atoms with Crippen molar-refractivity contribution in [3.05, 3.63) is 144 Å². The van der Waals surface area contributed by atoms with E-state index in [1.165, 1.54) is 5.56 Å². The molecule has 0 aliphatic heterocycles. The van der Waals surface area contributed by atoms with Gasteiger partial charge in [0.2, 0.25) is 0 Å². The van der Waals surface area contributed by atoms with Gasteiger partial charge >= 0.3 is 21.1 Å². The number of nitrogens with zero attached hydrogens (tertiary/aromatic N) is 6. The quantitative estimate of drug-likeness (QED) is 0.108. The molecule has 0 saturated heterocycles. The smallest absolute Gasteiger partial charge is 0.451 e. The van der Waals surface area contributed by atoms with Crippen LogP contribution >= 0.6 is 0 Å². The van der Waals surface area contributed by atoms with Crippen molar-refractivity contribution in [1.82, 2.24) is 24.5 Å². The van der Waals surface area contributed by atoms with E-state index in [-0.39, 0.29) is 32.3 Å². The Balaban J connectivity index is 0.00000433. The van der Waals surface area contributed by atoms with Gasteiger partial charge in [0.25, 0.3) is 0 Å². The van der Waals surface area contributed by atoms with Crippen LogP contribution < -0.4 is 4.90 Å². The van der Waals surface area contributed by atoms with Gasteiger partial charge in [0.15, 0.2) is 0 Å². The largest absolute Gasteiger partial charge is 2.00 e. The first-order valence-electron chi connectivity index (χ1n) is 15.3. The molecular weight excluding hydrogens is 774 g/mol. The molecule has 0 amide bonds. The second-order valence-electron chi connectivity index (χ2n) is 11.8. The van der Waals surface area contributed by atoms with Crippen molar-refractivity contribution >= 4 is 17.1 Å². The molecule has 0 bridgehead atoms. The first kappa shape index (κ1) is 33.8. The van der Waals surface area contributed by atoms with Crippen LogP contribution in [-0.4, -0.2) is 24.5 Å². The topological polar surface area (TPSA) is 59.7 Å². The minimum absolute atomic E-state index is 0. The van der Waals surface area contributed by atoms with Crippen molar-refractivity contribution < 1.29 is 29.8 Å². The summed E-state index contributed by atoms with van der Waals surface area (Å²) in [6.07, 6.45) is 5.74. The number of rotatable bonds is 9. The maximum absolute atomic E-state index is 15.2. The average Bonchev–Trinajstić information content (AvgIpc) is 3.51. The van der Waals surface area contributed by atoms with Crippen molar-refractivity contribution in [3.8, 4) is 17.1 Å². The number of hydrogen-bond donors (Lipinski definition) is 0. The van der Waals surface area contributed by atoms with Crippen molar-refractivity contribution in [2.75, 3.05) is 4.90 Å². The summed E-state index contributed by atoms with van der Waals surface area (Å²) in [7, 11) is 0. The minimum atomic E-state index is -0.983. The van der Waals surface area contributed by atoms with Crippen molar-refractivity contribution in [3.63, 3.8) is 0 Å². The van der Waals surface area contributed by atoms with Gasteiger partial charge in [-0.05, 0) is 80.0 Å². The average molecular weight is 808 g/mol. The summed E-state index contributed by atoms with van der Waals surface area (Å²) in [4.78, 5) is 19.7. The van der Waals surface area contributed by atoms with Gasteiger partial charge in [0.1, 0.15) is 11.9 Å². The van der Waals surface area contributed by atoms with E-state index in [9.17, 15) is 4.39 Å². The van der Waals surface area contributed by atoms with Gasteiger partial charge in [-0.15, -0.1) is 6.07 Å². The summed E-state index contributed by atoms with van der Waals surface area (Å²) in [5.41, 5.74) is 4.70. The summed E-state index contributed by atoms with van der Waals surface area (Å²) in [6, 6.07) is 31.8. The third-order valence-corrected chi connectivity index (χ3v) is 8.42. The minimum Gasteiger partial charge on any atom is -0.451 e. The zero-order valence-corrected chi connectivity index (χ0v) is 29.0. The fraction of sp³-hybridized carbons (Fsp3) is 0.211.